The molecule has 0 fully saturated rings. The van der Waals surface area contributed by atoms with Gasteiger partial charge in [-0.15, -0.1) is 0 Å². The van der Waals surface area contributed by atoms with Crippen LogP contribution in [0.5, 0.6) is 11.5 Å². The first kappa shape index (κ1) is 19.9. The van der Waals surface area contributed by atoms with E-state index in [9.17, 15) is 0 Å². The summed E-state index contributed by atoms with van der Waals surface area (Å²) in [6.07, 6.45) is 0. The lowest BCUT2D eigenvalue weighted by Crippen LogP contribution is -2.28. The summed E-state index contributed by atoms with van der Waals surface area (Å²) >= 11 is 12.6. The number of methoxy groups -OCH3 is 2. The van der Waals surface area contributed by atoms with Crippen LogP contribution in [0.4, 0.5) is 0 Å². The molecule has 1 aliphatic carbocycles. The van der Waals surface area contributed by atoms with Crippen LogP contribution in [0.25, 0.3) is 11.4 Å². The van der Waals surface area contributed by atoms with Crippen molar-refractivity contribution < 1.29 is 9.47 Å². The van der Waals surface area contributed by atoms with E-state index in [0.29, 0.717) is 10.3 Å². The zero-order valence-corrected chi connectivity index (χ0v) is 18.4. The van der Waals surface area contributed by atoms with Crippen molar-refractivity contribution in [1.29, 1.82) is 0 Å². The van der Waals surface area contributed by atoms with Gasteiger partial charge < -0.3 is 9.47 Å². The summed E-state index contributed by atoms with van der Waals surface area (Å²) < 4.78 is 10.8. The van der Waals surface area contributed by atoms with E-state index in [2.05, 4.69) is 34.2 Å². The van der Waals surface area contributed by atoms with Crippen LogP contribution in [0.15, 0.2) is 72.8 Å². The average molecular weight is 449 g/mol. The Morgan fingerprint density at radius 2 is 0.968 bits per heavy atom. The molecule has 1 aliphatic rings. The SMILES string of the molecule is COc1ccc(C2(c3ccc(OC)cc3)c3ccc(Cl)nc3-c3nc(Cl)ccc32)cc1. The van der Waals surface area contributed by atoms with Crippen molar-refractivity contribution in [3.05, 3.63) is 105 Å². The van der Waals surface area contributed by atoms with Gasteiger partial charge in [-0.05, 0) is 58.7 Å². The first-order valence-electron chi connectivity index (χ1n) is 9.71. The van der Waals surface area contributed by atoms with Crippen molar-refractivity contribution in [2.75, 3.05) is 14.2 Å². The van der Waals surface area contributed by atoms with E-state index >= 15 is 0 Å². The molecule has 6 heteroatoms. The molecule has 154 valence electrons. The fourth-order valence-corrected chi connectivity index (χ4v) is 4.75. The molecule has 5 rings (SSSR count). The van der Waals surface area contributed by atoms with Gasteiger partial charge in [0.05, 0.1) is 31.0 Å². The molecular weight excluding hydrogens is 431 g/mol. The standard InChI is InChI=1S/C25H18Cl2N2O2/c1-30-17-7-3-15(4-8-17)25(16-5-9-18(31-2)10-6-16)19-11-13-21(26)28-23(19)24-20(25)12-14-22(27)29-24/h3-14H,1-2H3. The maximum absolute atomic E-state index is 6.29. The van der Waals surface area contributed by atoms with Gasteiger partial charge in [-0.3, -0.25) is 0 Å². The molecule has 2 aromatic heterocycles. The Hall–Kier alpha value is -3.08. The smallest absolute Gasteiger partial charge is 0.129 e. The molecule has 0 spiro atoms. The fraction of sp³-hybridized carbons (Fsp3) is 0.120. The fourth-order valence-electron chi connectivity index (χ4n) is 4.45. The second-order valence-corrected chi connectivity index (χ2v) is 8.04. The Morgan fingerprint density at radius 3 is 1.32 bits per heavy atom. The van der Waals surface area contributed by atoms with Crippen LogP contribution in [0.2, 0.25) is 10.3 Å². The van der Waals surface area contributed by atoms with Crippen LogP contribution >= 0.6 is 23.2 Å². The highest BCUT2D eigenvalue weighted by molar-refractivity contribution is 6.30. The zero-order valence-electron chi connectivity index (χ0n) is 16.9. The number of benzene rings is 2. The molecule has 0 radical (unpaired) electrons. The number of ether oxygens (including phenoxy) is 2. The average Bonchev–Trinajstić information content (AvgIpc) is 3.09. The van der Waals surface area contributed by atoms with Crippen LogP contribution in [0.1, 0.15) is 22.3 Å². The predicted molar refractivity (Wildman–Crippen MR) is 122 cm³/mol. The van der Waals surface area contributed by atoms with E-state index < -0.39 is 5.41 Å². The molecule has 0 bridgehead atoms. The quantitative estimate of drug-likeness (QED) is 0.308. The predicted octanol–water partition coefficient (Wildman–Crippen LogP) is 6.16. The molecule has 2 aromatic carbocycles. The molecule has 0 saturated heterocycles. The lowest BCUT2D eigenvalue weighted by molar-refractivity contribution is 0.414. The van der Waals surface area contributed by atoms with Crippen molar-refractivity contribution in [3.63, 3.8) is 0 Å². The summed E-state index contributed by atoms with van der Waals surface area (Å²) in [6.45, 7) is 0. The largest absolute Gasteiger partial charge is 0.497 e. The second-order valence-electron chi connectivity index (χ2n) is 7.27. The first-order valence-corrected chi connectivity index (χ1v) is 10.5. The summed E-state index contributed by atoms with van der Waals surface area (Å²) in [5, 5.41) is 0.818. The van der Waals surface area contributed by atoms with E-state index in [-0.39, 0.29) is 0 Å². The first-order chi connectivity index (χ1) is 15.1. The molecule has 31 heavy (non-hydrogen) atoms. The van der Waals surface area contributed by atoms with Gasteiger partial charge in [-0.2, -0.15) is 0 Å². The Bertz CT molecular complexity index is 1170. The number of hydrogen-bond donors (Lipinski definition) is 0. The summed E-state index contributed by atoms with van der Waals surface area (Å²) in [7, 11) is 3.32. The molecular formula is C25H18Cl2N2O2. The highest BCUT2D eigenvalue weighted by Crippen LogP contribution is 2.55. The van der Waals surface area contributed by atoms with Crippen molar-refractivity contribution in [2.24, 2.45) is 0 Å². The van der Waals surface area contributed by atoms with Crippen molar-refractivity contribution in [3.8, 4) is 22.9 Å². The Kier molecular flexibility index (Phi) is 4.84. The monoisotopic (exact) mass is 448 g/mol. The molecule has 0 amide bonds. The topological polar surface area (TPSA) is 44.2 Å². The van der Waals surface area contributed by atoms with Gasteiger partial charge in [0.1, 0.15) is 21.8 Å². The molecule has 0 unspecified atom stereocenters. The van der Waals surface area contributed by atoms with E-state index in [1.54, 1.807) is 14.2 Å². The molecule has 0 saturated carbocycles. The van der Waals surface area contributed by atoms with Gasteiger partial charge >= 0.3 is 0 Å². The van der Waals surface area contributed by atoms with E-state index in [1.165, 1.54) is 0 Å². The van der Waals surface area contributed by atoms with Crippen molar-refractivity contribution >= 4 is 23.2 Å². The minimum absolute atomic E-state index is 0.409. The van der Waals surface area contributed by atoms with Crippen LogP contribution < -0.4 is 9.47 Å². The van der Waals surface area contributed by atoms with Gasteiger partial charge in [0.25, 0.3) is 0 Å². The van der Waals surface area contributed by atoms with Crippen LogP contribution in [0.3, 0.4) is 0 Å². The third-order valence-corrected chi connectivity index (χ3v) is 6.22. The van der Waals surface area contributed by atoms with E-state index in [1.807, 2.05) is 48.5 Å². The highest BCUT2D eigenvalue weighted by Gasteiger charge is 2.48. The summed E-state index contributed by atoms with van der Waals surface area (Å²) in [4.78, 5) is 9.29. The lowest BCUT2D eigenvalue weighted by Gasteiger charge is -2.33. The Balaban J connectivity index is 1.90. The van der Waals surface area contributed by atoms with E-state index in [4.69, 9.17) is 32.7 Å². The summed E-state index contributed by atoms with van der Waals surface area (Å²) in [6, 6.07) is 23.8. The van der Waals surface area contributed by atoms with Crippen LogP contribution in [-0.2, 0) is 5.41 Å². The minimum atomic E-state index is -0.640. The van der Waals surface area contributed by atoms with Crippen LogP contribution in [0, 0.1) is 0 Å². The molecule has 0 atom stereocenters. The number of halogens is 2. The third kappa shape index (κ3) is 2.98. The molecule has 0 N–H and O–H groups in total. The van der Waals surface area contributed by atoms with Gasteiger partial charge in [-0.1, -0.05) is 59.6 Å². The minimum Gasteiger partial charge on any atom is -0.497 e. The van der Waals surface area contributed by atoms with Crippen LogP contribution in [-0.4, -0.2) is 24.2 Å². The second kappa shape index (κ2) is 7.56. The molecule has 4 nitrogen and oxygen atoms in total. The van der Waals surface area contributed by atoms with E-state index in [0.717, 1.165) is 45.1 Å². The lowest BCUT2D eigenvalue weighted by atomic mass is 9.68. The van der Waals surface area contributed by atoms with Gasteiger partial charge in [-0.25, -0.2) is 9.97 Å². The highest BCUT2D eigenvalue weighted by atomic mass is 35.5. The number of nitrogens with zero attached hydrogens (tertiary/aromatic N) is 2. The summed E-state index contributed by atoms with van der Waals surface area (Å²) in [5.74, 6) is 1.58. The maximum atomic E-state index is 6.29. The number of fused-ring (bicyclic) bond motifs is 3. The van der Waals surface area contributed by atoms with Gasteiger partial charge in [0, 0.05) is 0 Å². The molecule has 2 heterocycles. The number of pyridine rings is 2. The number of rotatable bonds is 4. The normalized spacial score (nSPS) is 13.4. The number of aromatic nitrogens is 2. The Morgan fingerprint density at radius 1 is 0.581 bits per heavy atom. The number of hydrogen-bond acceptors (Lipinski definition) is 4. The van der Waals surface area contributed by atoms with Crippen molar-refractivity contribution in [2.45, 2.75) is 5.41 Å². The van der Waals surface area contributed by atoms with Gasteiger partial charge in [0.2, 0.25) is 0 Å². The Labute approximate surface area is 190 Å². The van der Waals surface area contributed by atoms with Crippen molar-refractivity contribution in [1.82, 2.24) is 9.97 Å². The van der Waals surface area contributed by atoms with Gasteiger partial charge in [0.15, 0.2) is 0 Å². The summed E-state index contributed by atoms with van der Waals surface area (Å²) in [5.41, 5.74) is 4.94. The zero-order chi connectivity index (χ0) is 21.6. The molecule has 4 aromatic rings. The third-order valence-electron chi connectivity index (χ3n) is 5.80. The maximum Gasteiger partial charge on any atom is 0.129 e. The molecule has 0 aliphatic heterocycles.